The Morgan fingerprint density at radius 1 is 1.14 bits per heavy atom. The predicted octanol–water partition coefficient (Wildman–Crippen LogP) is 1.99. The van der Waals surface area contributed by atoms with Gasteiger partial charge >= 0.3 is 0 Å². The number of nitrogens with zero attached hydrogens (tertiary/aromatic N) is 4. The molecule has 0 amide bonds. The van der Waals surface area contributed by atoms with E-state index in [1.807, 2.05) is 25.2 Å². The van der Waals surface area contributed by atoms with E-state index in [9.17, 15) is 0 Å². The molecule has 0 saturated carbocycles. The van der Waals surface area contributed by atoms with E-state index in [0.717, 1.165) is 22.4 Å². The molecule has 0 atom stereocenters. The second-order valence-electron chi connectivity index (χ2n) is 4.77. The topological polar surface area (TPSA) is 74.1 Å². The number of nitrogens with one attached hydrogen (secondary N) is 1. The molecule has 7 heteroatoms. The van der Waals surface area contributed by atoms with Gasteiger partial charge < -0.3 is 14.8 Å². The summed E-state index contributed by atoms with van der Waals surface area (Å²) in [5.41, 5.74) is 1.86. The first kappa shape index (κ1) is 14.1. The lowest BCUT2D eigenvalue weighted by Crippen LogP contribution is -2.03. The zero-order valence-electron chi connectivity index (χ0n) is 12.7. The molecule has 0 saturated heterocycles. The van der Waals surface area contributed by atoms with Crippen LogP contribution in [0, 0.1) is 0 Å². The Morgan fingerprint density at radius 2 is 1.95 bits per heavy atom. The van der Waals surface area contributed by atoms with Gasteiger partial charge in [0.15, 0.2) is 17.1 Å². The van der Waals surface area contributed by atoms with Crippen LogP contribution in [-0.4, -0.2) is 34.0 Å². The van der Waals surface area contributed by atoms with Crippen LogP contribution >= 0.6 is 0 Å². The number of methoxy groups -OCH3 is 2. The maximum atomic E-state index is 5.31. The standard InChI is InChI=1S/C15H17N5O2/c1-20-15-11(8-19-20)14(17-9-18-15)16-7-10-4-5-12(21-2)13(6-10)22-3/h4-6,8-9H,7H2,1-3H3,(H,16,17,18). The van der Waals surface area contributed by atoms with Crippen molar-refractivity contribution < 1.29 is 9.47 Å². The molecule has 0 fully saturated rings. The fourth-order valence-corrected chi connectivity index (χ4v) is 2.28. The predicted molar refractivity (Wildman–Crippen MR) is 83.2 cm³/mol. The van der Waals surface area contributed by atoms with E-state index >= 15 is 0 Å². The highest BCUT2D eigenvalue weighted by molar-refractivity contribution is 5.85. The molecule has 114 valence electrons. The van der Waals surface area contributed by atoms with E-state index < -0.39 is 0 Å². The summed E-state index contributed by atoms with van der Waals surface area (Å²) in [5.74, 6) is 2.17. The van der Waals surface area contributed by atoms with Crippen molar-refractivity contribution in [2.75, 3.05) is 19.5 Å². The van der Waals surface area contributed by atoms with Gasteiger partial charge in [-0.25, -0.2) is 9.97 Å². The highest BCUT2D eigenvalue weighted by Crippen LogP contribution is 2.28. The van der Waals surface area contributed by atoms with Gasteiger partial charge in [-0.3, -0.25) is 4.68 Å². The number of hydrogen-bond donors (Lipinski definition) is 1. The third kappa shape index (κ3) is 2.52. The van der Waals surface area contributed by atoms with E-state index in [1.165, 1.54) is 6.33 Å². The fraction of sp³-hybridized carbons (Fsp3) is 0.267. The second-order valence-corrected chi connectivity index (χ2v) is 4.77. The first-order valence-corrected chi connectivity index (χ1v) is 6.80. The molecule has 0 aliphatic rings. The number of fused-ring (bicyclic) bond motifs is 1. The molecule has 0 aliphatic carbocycles. The van der Waals surface area contributed by atoms with Gasteiger partial charge in [-0.2, -0.15) is 5.10 Å². The van der Waals surface area contributed by atoms with Crippen LogP contribution in [0.25, 0.3) is 11.0 Å². The van der Waals surface area contributed by atoms with Crippen LogP contribution < -0.4 is 14.8 Å². The van der Waals surface area contributed by atoms with Gasteiger partial charge in [0.1, 0.15) is 12.1 Å². The fourth-order valence-electron chi connectivity index (χ4n) is 2.28. The van der Waals surface area contributed by atoms with Gasteiger partial charge in [-0.15, -0.1) is 0 Å². The Balaban J connectivity index is 1.82. The summed E-state index contributed by atoms with van der Waals surface area (Å²) in [5, 5.41) is 8.40. The average molecular weight is 299 g/mol. The highest BCUT2D eigenvalue weighted by Gasteiger charge is 2.08. The summed E-state index contributed by atoms with van der Waals surface area (Å²) in [7, 11) is 5.10. The molecule has 3 rings (SSSR count). The SMILES string of the molecule is COc1ccc(CNc2ncnc3c2cnn3C)cc1OC. The van der Waals surface area contributed by atoms with Crippen molar-refractivity contribution >= 4 is 16.9 Å². The van der Waals surface area contributed by atoms with Crippen molar-refractivity contribution in [3.63, 3.8) is 0 Å². The molecule has 7 nitrogen and oxygen atoms in total. The summed E-state index contributed by atoms with van der Waals surface area (Å²) >= 11 is 0. The first-order valence-electron chi connectivity index (χ1n) is 6.80. The third-order valence-electron chi connectivity index (χ3n) is 3.44. The van der Waals surface area contributed by atoms with E-state index in [4.69, 9.17) is 9.47 Å². The van der Waals surface area contributed by atoms with Gasteiger partial charge in [0.05, 0.1) is 25.8 Å². The lowest BCUT2D eigenvalue weighted by Gasteiger charge is -2.10. The molecule has 0 radical (unpaired) electrons. The Labute approximate surface area is 127 Å². The summed E-state index contributed by atoms with van der Waals surface area (Å²) in [6.07, 6.45) is 3.28. The molecule has 0 bridgehead atoms. The van der Waals surface area contributed by atoms with Crippen LogP contribution in [0.5, 0.6) is 11.5 Å². The monoisotopic (exact) mass is 299 g/mol. The van der Waals surface area contributed by atoms with Crippen molar-refractivity contribution in [2.24, 2.45) is 7.05 Å². The van der Waals surface area contributed by atoms with E-state index in [1.54, 1.807) is 25.1 Å². The molecule has 3 aromatic rings. The minimum absolute atomic E-state index is 0.612. The number of hydrogen-bond acceptors (Lipinski definition) is 6. The third-order valence-corrected chi connectivity index (χ3v) is 3.44. The van der Waals surface area contributed by atoms with Crippen molar-refractivity contribution in [2.45, 2.75) is 6.54 Å². The number of anilines is 1. The first-order chi connectivity index (χ1) is 10.7. The van der Waals surface area contributed by atoms with Crippen LogP contribution in [-0.2, 0) is 13.6 Å². The maximum Gasteiger partial charge on any atom is 0.163 e. The summed E-state index contributed by atoms with van der Waals surface area (Å²) < 4.78 is 12.3. The van der Waals surface area contributed by atoms with Crippen LogP contribution in [0.1, 0.15) is 5.56 Å². The quantitative estimate of drug-likeness (QED) is 0.776. The van der Waals surface area contributed by atoms with Crippen LogP contribution in [0.4, 0.5) is 5.82 Å². The molecule has 2 aromatic heterocycles. The number of ether oxygens (including phenoxy) is 2. The summed E-state index contributed by atoms with van der Waals surface area (Å²) in [6.45, 7) is 0.612. The minimum Gasteiger partial charge on any atom is -0.493 e. The van der Waals surface area contributed by atoms with Crippen molar-refractivity contribution in [3.05, 3.63) is 36.3 Å². The van der Waals surface area contributed by atoms with Gasteiger partial charge in [-0.05, 0) is 17.7 Å². The number of aromatic nitrogens is 4. The molecule has 22 heavy (non-hydrogen) atoms. The van der Waals surface area contributed by atoms with Gasteiger partial charge in [0.2, 0.25) is 0 Å². The summed E-state index contributed by atoms with van der Waals surface area (Å²) in [6, 6.07) is 5.80. The number of aryl methyl sites for hydroxylation is 1. The lowest BCUT2D eigenvalue weighted by atomic mass is 10.2. The van der Waals surface area contributed by atoms with Gasteiger partial charge in [-0.1, -0.05) is 6.07 Å². The molecule has 2 heterocycles. The lowest BCUT2D eigenvalue weighted by molar-refractivity contribution is 0.354. The largest absolute Gasteiger partial charge is 0.493 e. The maximum absolute atomic E-state index is 5.31. The molecular formula is C15H17N5O2. The Bertz CT molecular complexity index is 800. The average Bonchev–Trinajstić information content (AvgIpc) is 2.94. The molecule has 0 aliphatic heterocycles. The minimum atomic E-state index is 0.612. The smallest absolute Gasteiger partial charge is 0.163 e. The van der Waals surface area contributed by atoms with Crippen LogP contribution in [0.15, 0.2) is 30.7 Å². The van der Waals surface area contributed by atoms with Crippen molar-refractivity contribution in [3.8, 4) is 11.5 Å². The summed E-state index contributed by atoms with van der Waals surface area (Å²) in [4.78, 5) is 8.50. The Kier molecular flexibility index (Phi) is 3.78. The number of benzene rings is 1. The number of rotatable bonds is 5. The zero-order chi connectivity index (χ0) is 15.5. The Morgan fingerprint density at radius 3 is 2.73 bits per heavy atom. The highest BCUT2D eigenvalue weighted by atomic mass is 16.5. The molecule has 0 spiro atoms. The van der Waals surface area contributed by atoms with E-state index in [2.05, 4.69) is 20.4 Å². The van der Waals surface area contributed by atoms with E-state index in [-0.39, 0.29) is 0 Å². The molecule has 1 N–H and O–H groups in total. The van der Waals surface area contributed by atoms with Gasteiger partial charge in [0.25, 0.3) is 0 Å². The molecule has 1 aromatic carbocycles. The molecule has 0 unspecified atom stereocenters. The molecular weight excluding hydrogens is 282 g/mol. The van der Waals surface area contributed by atoms with Crippen molar-refractivity contribution in [1.29, 1.82) is 0 Å². The van der Waals surface area contributed by atoms with E-state index in [0.29, 0.717) is 18.0 Å². The normalized spacial score (nSPS) is 10.7. The van der Waals surface area contributed by atoms with Crippen molar-refractivity contribution in [1.82, 2.24) is 19.7 Å². The Hall–Kier alpha value is -2.83. The van der Waals surface area contributed by atoms with Crippen LogP contribution in [0.3, 0.4) is 0 Å². The van der Waals surface area contributed by atoms with Gasteiger partial charge in [0, 0.05) is 13.6 Å². The second kappa shape index (κ2) is 5.88. The zero-order valence-corrected chi connectivity index (χ0v) is 12.7. The van der Waals surface area contributed by atoms with Crippen LogP contribution in [0.2, 0.25) is 0 Å².